The number of hydrogen-bond acceptors (Lipinski definition) is 5. The van der Waals surface area contributed by atoms with Crippen LogP contribution in [-0.2, 0) is 16.2 Å². The molecule has 0 amide bonds. The van der Waals surface area contributed by atoms with Crippen LogP contribution in [0.15, 0.2) is 65.0 Å². The third-order valence-electron chi connectivity index (χ3n) is 5.46. The summed E-state index contributed by atoms with van der Waals surface area (Å²) in [7, 11) is -3.72. The number of piperidine rings is 1. The minimum atomic E-state index is -4.43. The minimum absolute atomic E-state index is 0.0841. The van der Waals surface area contributed by atoms with Crippen molar-refractivity contribution >= 4 is 26.5 Å². The predicted molar refractivity (Wildman–Crippen MR) is 119 cm³/mol. The Morgan fingerprint density at radius 3 is 2.59 bits per heavy atom. The maximum atomic E-state index is 13.0. The number of thiazole rings is 1. The van der Waals surface area contributed by atoms with Gasteiger partial charge in [0.05, 0.1) is 10.5 Å². The molecular weight excluding hydrogens is 459 g/mol. The fraction of sp³-hybridized carbons (Fsp3) is 0.318. The molecule has 32 heavy (non-hydrogen) atoms. The average molecular weight is 482 g/mol. The molecule has 1 aliphatic heterocycles. The normalized spacial score (nSPS) is 17.5. The largest absolute Gasteiger partial charge is 0.416 e. The quantitative estimate of drug-likeness (QED) is 0.537. The zero-order chi connectivity index (χ0) is 22.8. The van der Waals surface area contributed by atoms with Crippen LogP contribution in [0.25, 0.3) is 11.1 Å². The Labute approximate surface area is 189 Å². The molecule has 0 radical (unpaired) electrons. The zero-order valence-corrected chi connectivity index (χ0v) is 18.7. The molecule has 1 N–H and O–H groups in total. The van der Waals surface area contributed by atoms with Gasteiger partial charge in [0.15, 0.2) is 5.13 Å². The zero-order valence-electron chi connectivity index (χ0n) is 17.0. The summed E-state index contributed by atoms with van der Waals surface area (Å²) in [5.41, 5.74) is 0.148. The second-order valence-corrected chi connectivity index (χ2v) is 10.4. The van der Waals surface area contributed by atoms with E-state index < -0.39 is 21.8 Å². The van der Waals surface area contributed by atoms with Crippen LogP contribution < -0.4 is 9.62 Å². The van der Waals surface area contributed by atoms with E-state index in [1.54, 1.807) is 23.6 Å². The number of rotatable bonds is 6. The number of anilines is 1. The van der Waals surface area contributed by atoms with Crippen molar-refractivity contribution in [3.05, 3.63) is 65.7 Å². The second-order valence-electron chi connectivity index (χ2n) is 7.72. The lowest BCUT2D eigenvalue weighted by atomic mass is 9.99. The highest BCUT2D eigenvalue weighted by molar-refractivity contribution is 7.89. The Morgan fingerprint density at radius 2 is 1.91 bits per heavy atom. The Kier molecular flexibility index (Phi) is 6.55. The Balaban J connectivity index is 1.41. The molecule has 3 aromatic rings. The van der Waals surface area contributed by atoms with Gasteiger partial charge >= 0.3 is 6.18 Å². The van der Waals surface area contributed by atoms with Gasteiger partial charge in [0, 0.05) is 31.2 Å². The van der Waals surface area contributed by atoms with Crippen LogP contribution in [0.3, 0.4) is 0 Å². The fourth-order valence-corrected chi connectivity index (χ4v) is 5.59. The van der Waals surface area contributed by atoms with Gasteiger partial charge in [-0.3, -0.25) is 0 Å². The van der Waals surface area contributed by atoms with Gasteiger partial charge in [0.25, 0.3) is 0 Å². The van der Waals surface area contributed by atoms with Crippen molar-refractivity contribution in [3.8, 4) is 11.1 Å². The number of aromatic nitrogens is 1. The number of hydrogen-bond donors (Lipinski definition) is 1. The number of sulfonamides is 1. The van der Waals surface area contributed by atoms with E-state index in [0.29, 0.717) is 17.7 Å². The molecule has 5 nitrogen and oxygen atoms in total. The van der Waals surface area contributed by atoms with E-state index in [1.165, 1.54) is 30.3 Å². The van der Waals surface area contributed by atoms with Crippen molar-refractivity contribution < 1.29 is 21.6 Å². The van der Waals surface area contributed by atoms with Gasteiger partial charge in [0.2, 0.25) is 10.0 Å². The SMILES string of the molecule is O=S(=O)(NCC1CCCN(c2nccs2)C1)c1ccc(-c2cccc(C(F)(F)F)c2)cc1. The molecular formula is C22H22F3N3O2S2. The molecule has 4 rings (SSSR count). The topological polar surface area (TPSA) is 62.3 Å². The maximum Gasteiger partial charge on any atom is 0.416 e. The molecule has 1 aliphatic rings. The van der Waals surface area contributed by atoms with Gasteiger partial charge in [-0.05, 0) is 54.2 Å². The third kappa shape index (κ3) is 5.31. The predicted octanol–water partition coefficient (Wildman–Crippen LogP) is 5.02. The number of alkyl halides is 3. The van der Waals surface area contributed by atoms with Crippen molar-refractivity contribution in [2.45, 2.75) is 23.9 Å². The first-order valence-electron chi connectivity index (χ1n) is 10.1. The lowest BCUT2D eigenvalue weighted by Crippen LogP contribution is -2.41. The second kappa shape index (κ2) is 9.21. The van der Waals surface area contributed by atoms with Crippen LogP contribution in [0.5, 0.6) is 0 Å². The summed E-state index contributed by atoms with van der Waals surface area (Å²) in [6, 6.07) is 10.8. The highest BCUT2D eigenvalue weighted by Gasteiger charge is 2.30. The Hall–Kier alpha value is -2.43. The van der Waals surface area contributed by atoms with Crippen LogP contribution >= 0.6 is 11.3 Å². The Morgan fingerprint density at radius 1 is 1.12 bits per heavy atom. The van der Waals surface area contributed by atoms with Crippen LogP contribution in [0.1, 0.15) is 18.4 Å². The van der Waals surface area contributed by atoms with E-state index in [0.717, 1.165) is 43.2 Å². The molecule has 0 bridgehead atoms. The van der Waals surface area contributed by atoms with Crippen molar-refractivity contribution in [3.63, 3.8) is 0 Å². The molecule has 0 spiro atoms. The number of nitrogens with zero attached hydrogens (tertiary/aromatic N) is 2. The summed E-state index contributed by atoms with van der Waals surface area (Å²) in [5.74, 6) is 0.173. The summed E-state index contributed by atoms with van der Waals surface area (Å²) in [4.78, 5) is 6.59. The third-order valence-corrected chi connectivity index (χ3v) is 7.73. The molecule has 2 aromatic carbocycles. The Bertz CT molecular complexity index is 1150. The van der Waals surface area contributed by atoms with Gasteiger partial charge in [-0.15, -0.1) is 11.3 Å². The molecule has 2 heterocycles. The molecule has 1 fully saturated rings. The van der Waals surface area contributed by atoms with E-state index in [2.05, 4.69) is 14.6 Å². The minimum Gasteiger partial charge on any atom is -0.348 e. The summed E-state index contributed by atoms with van der Waals surface area (Å²) < 4.78 is 67.0. The number of nitrogens with one attached hydrogen (secondary N) is 1. The fourth-order valence-electron chi connectivity index (χ4n) is 3.79. The van der Waals surface area contributed by atoms with Gasteiger partial charge < -0.3 is 4.90 Å². The smallest absolute Gasteiger partial charge is 0.348 e. The maximum absolute atomic E-state index is 13.0. The average Bonchev–Trinajstić information content (AvgIpc) is 3.33. The molecule has 1 saturated heterocycles. The van der Waals surface area contributed by atoms with Crippen molar-refractivity contribution in [1.29, 1.82) is 0 Å². The lowest BCUT2D eigenvalue weighted by molar-refractivity contribution is -0.137. The summed E-state index contributed by atoms with van der Waals surface area (Å²) in [5, 5.41) is 2.87. The van der Waals surface area contributed by atoms with E-state index >= 15 is 0 Å². The molecule has 1 unspecified atom stereocenters. The molecule has 0 aliphatic carbocycles. The summed E-state index contributed by atoms with van der Waals surface area (Å²) >= 11 is 1.57. The first-order chi connectivity index (χ1) is 15.2. The van der Waals surface area contributed by atoms with E-state index in [-0.39, 0.29) is 10.8 Å². The number of benzene rings is 2. The van der Waals surface area contributed by atoms with Crippen molar-refractivity contribution in [2.75, 3.05) is 24.5 Å². The van der Waals surface area contributed by atoms with Gasteiger partial charge in [-0.25, -0.2) is 18.1 Å². The first-order valence-corrected chi connectivity index (χ1v) is 12.5. The number of halogens is 3. The van der Waals surface area contributed by atoms with Crippen molar-refractivity contribution in [2.24, 2.45) is 5.92 Å². The summed E-state index contributed by atoms with van der Waals surface area (Å²) in [6.07, 6.45) is -0.774. The molecule has 170 valence electrons. The standard InChI is InChI=1S/C22H22F3N3O2S2/c23-22(24,25)19-5-1-4-18(13-19)17-6-8-20(9-7-17)32(29,30)27-14-16-3-2-11-28(15-16)21-26-10-12-31-21/h1,4-10,12-13,16,27H,2-3,11,14-15H2. The highest BCUT2D eigenvalue weighted by atomic mass is 32.2. The first kappa shape index (κ1) is 22.8. The van der Waals surface area contributed by atoms with Gasteiger partial charge in [0.1, 0.15) is 0 Å². The monoisotopic (exact) mass is 481 g/mol. The molecule has 1 atom stereocenters. The van der Waals surface area contributed by atoms with Crippen LogP contribution in [0, 0.1) is 5.92 Å². The van der Waals surface area contributed by atoms with E-state index in [9.17, 15) is 21.6 Å². The van der Waals surface area contributed by atoms with E-state index in [1.807, 2.05) is 5.38 Å². The molecule has 10 heteroatoms. The highest BCUT2D eigenvalue weighted by Crippen LogP contribution is 2.32. The van der Waals surface area contributed by atoms with Crippen LogP contribution in [0.4, 0.5) is 18.3 Å². The van der Waals surface area contributed by atoms with E-state index in [4.69, 9.17) is 0 Å². The van der Waals surface area contributed by atoms with Crippen LogP contribution in [0.2, 0.25) is 0 Å². The van der Waals surface area contributed by atoms with Crippen LogP contribution in [-0.4, -0.2) is 33.0 Å². The van der Waals surface area contributed by atoms with Gasteiger partial charge in [-0.2, -0.15) is 13.2 Å². The van der Waals surface area contributed by atoms with Crippen molar-refractivity contribution in [1.82, 2.24) is 9.71 Å². The van der Waals surface area contributed by atoms with Gasteiger partial charge in [-0.1, -0.05) is 24.3 Å². The molecule has 0 saturated carbocycles. The summed E-state index contributed by atoms with van der Waals surface area (Å²) in [6.45, 7) is 1.97. The lowest BCUT2D eigenvalue weighted by Gasteiger charge is -2.32. The molecule has 1 aromatic heterocycles.